The van der Waals surface area contributed by atoms with Crippen molar-refractivity contribution < 1.29 is 22.7 Å². The summed E-state index contributed by atoms with van der Waals surface area (Å²) in [6.07, 6.45) is 4.79. The van der Waals surface area contributed by atoms with Crippen molar-refractivity contribution in [2.24, 2.45) is 11.1 Å². The van der Waals surface area contributed by atoms with Gasteiger partial charge in [-0.05, 0) is 37.0 Å². The number of hydrogen-bond acceptors (Lipinski definition) is 7. The van der Waals surface area contributed by atoms with Gasteiger partial charge in [-0.15, -0.1) is 0 Å². The summed E-state index contributed by atoms with van der Waals surface area (Å²) in [6.45, 7) is 0.0256. The van der Waals surface area contributed by atoms with Crippen molar-refractivity contribution in [3.05, 3.63) is 29.8 Å². The van der Waals surface area contributed by atoms with E-state index in [0.717, 1.165) is 31.2 Å². The molecule has 28 heavy (non-hydrogen) atoms. The molecule has 1 heterocycles. The van der Waals surface area contributed by atoms with Crippen molar-refractivity contribution in [3.8, 4) is 0 Å². The van der Waals surface area contributed by atoms with Crippen LogP contribution in [0.25, 0.3) is 0 Å². The number of sulfonamides is 1. The maximum absolute atomic E-state index is 12.2. The monoisotopic (exact) mass is 410 g/mol. The average Bonchev–Trinajstić information content (AvgIpc) is 3.10. The number of carbonyl (C=O) groups is 2. The number of hydrogen-bond donors (Lipinski definition) is 4. The Morgan fingerprint density at radius 3 is 2.57 bits per heavy atom. The van der Waals surface area contributed by atoms with E-state index in [4.69, 9.17) is 9.88 Å². The third-order valence-electron chi connectivity index (χ3n) is 5.26. The highest BCUT2D eigenvalue weighted by Gasteiger charge is 2.41. The molecule has 3 atom stereocenters. The van der Waals surface area contributed by atoms with Gasteiger partial charge in [0.1, 0.15) is 6.04 Å². The molecule has 154 valence electrons. The van der Waals surface area contributed by atoms with Crippen molar-refractivity contribution in [2.75, 3.05) is 13.2 Å². The first-order chi connectivity index (χ1) is 13.3. The van der Waals surface area contributed by atoms with E-state index in [1.807, 2.05) is 0 Å². The summed E-state index contributed by atoms with van der Waals surface area (Å²) in [7, 11) is -3.71. The maximum Gasteiger partial charge on any atom is 0.325 e. The summed E-state index contributed by atoms with van der Waals surface area (Å²) in [4.78, 5) is 24.2. The molecular formula is C18H26N4O5S. The molecule has 3 unspecified atom stereocenters. The first-order valence-electron chi connectivity index (χ1n) is 9.41. The smallest absolute Gasteiger partial charge is 0.325 e. The minimum absolute atomic E-state index is 0.0439. The fourth-order valence-electron chi connectivity index (χ4n) is 3.74. The van der Waals surface area contributed by atoms with Gasteiger partial charge in [-0.3, -0.25) is 15.0 Å². The third-order valence-corrected chi connectivity index (χ3v) is 6.19. The zero-order valence-electron chi connectivity index (χ0n) is 15.5. The normalized spacial score (nSPS) is 24.4. The molecule has 1 aromatic rings. The van der Waals surface area contributed by atoms with Gasteiger partial charge in [-0.1, -0.05) is 25.0 Å². The largest absolute Gasteiger partial charge is 0.454 e. The van der Waals surface area contributed by atoms with Crippen LogP contribution in [0.4, 0.5) is 0 Å². The summed E-state index contributed by atoms with van der Waals surface area (Å²) in [5.74, 6) is -0.569. The molecule has 3 rings (SSSR count). The van der Waals surface area contributed by atoms with Gasteiger partial charge in [0.2, 0.25) is 10.0 Å². The number of benzene rings is 1. The second-order valence-electron chi connectivity index (χ2n) is 7.22. The van der Waals surface area contributed by atoms with E-state index in [0.29, 0.717) is 19.0 Å². The summed E-state index contributed by atoms with van der Waals surface area (Å²) >= 11 is 0. The van der Waals surface area contributed by atoms with Crippen LogP contribution in [0.15, 0.2) is 29.2 Å². The molecule has 0 radical (unpaired) electrons. The van der Waals surface area contributed by atoms with Crippen molar-refractivity contribution in [1.82, 2.24) is 16.2 Å². The van der Waals surface area contributed by atoms with Gasteiger partial charge >= 0.3 is 5.97 Å². The highest BCUT2D eigenvalue weighted by molar-refractivity contribution is 7.89. The number of amides is 1. The predicted molar refractivity (Wildman–Crippen MR) is 101 cm³/mol. The standard InChI is InChI=1S/C18H26N4O5S/c19-28(25,26)13-7-5-12(6-8-13)9-10-20-16(23)11-27-18(24)17-14-3-1-2-4-15(14)21-22-17/h5-8,14-15,17,21-22H,1-4,9-11H2,(H,20,23)(H2,19,25,26). The van der Waals surface area contributed by atoms with Gasteiger partial charge in [0.15, 0.2) is 6.61 Å². The topological polar surface area (TPSA) is 140 Å². The molecule has 0 aromatic heterocycles. The van der Waals surface area contributed by atoms with Crippen LogP contribution in [0.3, 0.4) is 0 Å². The molecule has 2 fully saturated rings. The zero-order chi connectivity index (χ0) is 20.1. The number of hydrazine groups is 1. The van der Waals surface area contributed by atoms with Gasteiger partial charge in [0.25, 0.3) is 5.91 Å². The Morgan fingerprint density at radius 2 is 1.86 bits per heavy atom. The van der Waals surface area contributed by atoms with Gasteiger partial charge in [-0.25, -0.2) is 19.0 Å². The van der Waals surface area contributed by atoms with Crippen molar-refractivity contribution in [1.29, 1.82) is 0 Å². The van der Waals surface area contributed by atoms with Gasteiger partial charge in [0.05, 0.1) is 4.90 Å². The van der Waals surface area contributed by atoms with Gasteiger partial charge in [0, 0.05) is 18.5 Å². The summed E-state index contributed by atoms with van der Waals surface area (Å²) in [6, 6.07) is 6.03. The molecule has 1 aliphatic heterocycles. The number of esters is 1. The minimum atomic E-state index is -3.71. The first-order valence-corrected chi connectivity index (χ1v) is 11.0. The Hall–Kier alpha value is -2.01. The lowest BCUT2D eigenvalue weighted by atomic mass is 9.82. The Balaban J connectivity index is 1.37. The predicted octanol–water partition coefficient (Wildman–Crippen LogP) is -0.429. The first kappa shape index (κ1) is 20.7. The number of nitrogens with one attached hydrogen (secondary N) is 3. The van der Waals surface area contributed by atoms with Crippen LogP contribution in [0.1, 0.15) is 31.2 Å². The second-order valence-corrected chi connectivity index (χ2v) is 8.78. The van der Waals surface area contributed by atoms with E-state index in [2.05, 4.69) is 16.2 Å². The van der Waals surface area contributed by atoms with E-state index >= 15 is 0 Å². The number of rotatable bonds is 7. The Kier molecular flexibility index (Phi) is 6.65. The highest BCUT2D eigenvalue weighted by atomic mass is 32.2. The highest BCUT2D eigenvalue weighted by Crippen LogP contribution is 2.30. The number of ether oxygens (including phenoxy) is 1. The third kappa shape index (κ3) is 5.28. The van der Waals surface area contributed by atoms with E-state index in [1.165, 1.54) is 12.1 Å². The van der Waals surface area contributed by atoms with E-state index in [1.54, 1.807) is 12.1 Å². The van der Waals surface area contributed by atoms with Crippen LogP contribution in [0, 0.1) is 5.92 Å². The van der Waals surface area contributed by atoms with Crippen molar-refractivity contribution >= 4 is 21.9 Å². The fourth-order valence-corrected chi connectivity index (χ4v) is 4.26. The van der Waals surface area contributed by atoms with Crippen molar-refractivity contribution in [2.45, 2.75) is 49.1 Å². The van der Waals surface area contributed by atoms with Crippen LogP contribution in [-0.4, -0.2) is 45.5 Å². The van der Waals surface area contributed by atoms with Crippen LogP contribution in [-0.2, 0) is 30.8 Å². The molecule has 1 aliphatic carbocycles. The molecule has 10 heteroatoms. The summed E-state index contributed by atoms with van der Waals surface area (Å²) in [5, 5.41) is 7.73. The number of primary sulfonamides is 1. The number of carbonyl (C=O) groups excluding carboxylic acids is 2. The number of fused-ring (bicyclic) bond motifs is 1. The van der Waals surface area contributed by atoms with Gasteiger partial charge in [-0.2, -0.15) is 0 Å². The van der Waals surface area contributed by atoms with E-state index in [9.17, 15) is 18.0 Å². The van der Waals surface area contributed by atoms with Gasteiger partial charge < -0.3 is 10.1 Å². The molecular weight excluding hydrogens is 384 g/mol. The maximum atomic E-state index is 12.2. The molecule has 1 saturated heterocycles. The molecule has 0 spiro atoms. The van der Waals surface area contributed by atoms with Crippen LogP contribution < -0.4 is 21.3 Å². The van der Waals surface area contributed by atoms with Crippen molar-refractivity contribution in [3.63, 3.8) is 0 Å². The molecule has 0 bridgehead atoms. The zero-order valence-corrected chi connectivity index (χ0v) is 16.3. The molecule has 1 amide bonds. The average molecular weight is 410 g/mol. The molecule has 9 nitrogen and oxygen atoms in total. The molecule has 5 N–H and O–H groups in total. The summed E-state index contributed by atoms with van der Waals surface area (Å²) in [5.41, 5.74) is 7.00. The van der Waals surface area contributed by atoms with Crippen LogP contribution in [0.5, 0.6) is 0 Å². The van der Waals surface area contributed by atoms with Crippen LogP contribution in [0.2, 0.25) is 0 Å². The summed E-state index contributed by atoms with van der Waals surface area (Å²) < 4.78 is 27.6. The Labute approximate surface area is 164 Å². The van der Waals surface area contributed by atoms with E-state index in [-0.39, 0.29) is 23.3 Å². The Morgan fingerprint density at radius 1 is 1.14 bits per heavy atom. The fraction of sp³-hybridized carbons (Fsp3) is 0.556. The molecule has 2 aliphatic rings. The van der Waals surface area contributed by atoms with Crippen LogP contribution >= 0.6 is 0 Å². The quantitative estimate of drug-likeness (QED) is 0.447. The molecule has 1 saturated carbocycles. The lowest BCUT2D eigenvalue weighted by Crippen LogP contribution is -2.41. The minimum Gasteiger partial charge on any atom is -0.454 e. The van der Waals surface area contributed by atoms with E-state index < -0.39 is 22.0 Å². The molecule has 1 aromatic carbocycles. The lowest BCUT2D eigenvalue weighted by molar-refractivity contribution is -0.151. The second kappa shape index (κ2) is 8.99. The lowest BCUT2D eigenvalue weighted by Gasteiger charge is -2.26. The SMILES string of the molecule is NS(=O)(=O)c1ccc(CCNC(=O)COC(=O)C2NNC3CCCCC32)cc1. The Bertz CT molecular complexity index is 812. The number of nitrogens with two attached hydrogens (primary N) is 1.